The third kappa shape index (κ3) is 3.70. The monoisotopic (exact) mass is 503 g/mol. The van der Waals surface area contributed by atoms with Crippen LogP contribution in [-0.2, 0) is 19.2 Å². The highest BCUT2D eigenvalue weighted by Crippen LogP contribution is 2.56. The summed E-state index contributed by atoms with van der Waals surface area (Å²) >= 11 is 0. The van der Waals surface area contributed by atoms with E-state index in [0.29, 0.717) is 28.8 Å². The fraction of sp³-hybridized carbons (Fsp3) is 0.407. The normalized spacial score (nSPS) is 28.2. The van der Waals surface area contributed by atoms with Gasteiger partial charge in [0.1, 0.15) is 5.75 Å². The van der Waals surface area contributed by atoms with E-state index < -0.39 is 16.8 Å². The summed E-state index contributed by atoms with van der Waals surface area (Å²) in [7, 11) is 0. The van der Waals surface area contributed by atoms with Crippen LogP contribution in [0.1, 0.15) is 31.2 Å². The van der Waals surface area contributed by atoms with Crippen LogP contribution in [0.2, 0.25) is 0 Å². The van der Waals surface area contributed by atoms with Crippen molar-refractivity contribution in [1.82, 2.24) is 0 Å². The van der Waals surface area contributed by atoms with Crippen molar-refractivity contribution in [2.45, 2.75) is 32.6 Å². The molecule has 5 atom stereocenters. The molecule has 2 aliphatic heterocycles. The van der Waals surface area contributed by atoms with E-state index in [1.165, 1.54) is 28.0 Å². The summed E-state index contributed by atoms with van der Waals surface area (Å²) in [6.45, 7) is 1.67. The number of benzene rings is 2. The van der Waals surface area contributed by atoms with Gasteiger partial charge in [-0.05, 0) is 68.4 Å². The molecule has 2 aliphatic carbocycles. The summed E-state index contributed by atoms with van der Waals surface area (Å²) in [6, 6.07) is 10.8. The number of nitrogens with zero attached hydrogens (tertiary/aromatic N) is 3. The minimum absolute atomic E-state index is 0.0534. The topological polar surface area (TPSA) is 127 Å². The van der Waals surface area contributed by atoms with Gasteiger partial charge in [-0.25, -0.2) is 0 Å². The molecule has 190 valence electrons. The second kappa shape index (κ2) is 8.50. The van der Waals surface area contributed by atoms with Gasteiger partial charge in [-0.1, -0.05) is 6.07 Å². The van der Waals surface area contributed by atoms with Gasteiger partial charge in [-0.15, -0.1) is 0 Å². The Labute approximate surface area is 212 Å². The molecule has 2 saturated carbocycles. The van der Waals surface area contributed by atoms with E-state index in [-0.39, 0.29) is 54.0 Å². The van der Waals surface area contributed by atoms with Gasteiger partial charge < -0.3 is 9.64 Å². The maximum atomic E-state index is 13.0. The fourth-order valence-corrected chi connectivity index (χ4v) is 6.60. The second-order valence-corrected chi connectivity index (χ2v) is 10.4. The quantitative estimate of drug-likeness (QED) is 0.201. The lowest BCUT2D eigenvalue weighted by Gasteiger charge is -2.19. The molecule has 2 aromatic rings. The largest absolute Gasteiger partial charge is 0.426 e. The van der Waals surface area contributed by atoms with Crippen LogP contribution in [0.15, 0.2) is 42.5 Å². The zero-order chi connectivity index (χ0) is 26.0. The zero-order valence-electron chi connectivity index (χ0n) is 20.2. The number of aryl methyl sites for hydroxylation is 1. The molecule has 0 radical (unpaired) electrons. The first kappa shape index (κ1) is 23.3. The van der Waals surface area contributed by atoms with Crippen molar-refractivity contribution in [3.05, 3.63) is 58.1 Å². The third-order valence-electron chi connectivity index (χ3n) is 8.40. The summed E-state index contributed by atoms with van der Waals surface area (Å²) in [4.78, 5) is 64.8. The van der Waals surface area contributed by atoms with Crippen molar-refractivity contribution in [2.75, 3.05) is 16.3 Å². The molecule has 2 heterocycles. The number of ether oxygens (including phenoxy) is 1. The van der Waals surface area contributed by atoms with Crippen LogP contribution in [0.3, 0.4) is 0 Å². The van der Waals surface area contributed by atoms with Crippen molar-refractivity contribution in [1.29, 1.82) is 0 Å². The van der Waals surface area contributed by atoms with Gasteiger partial charge in [0.05, 0.1) is 34.1 Å². The average Bonchev–Trinajstić information content (AvgIpc) is 3.64. The van der Waals surface area contributed by atoms with E-state index in [0.717, 1.165) is 19.3 Å². The molecule has 10 heteroatoms. The Hall–Kier alpha value is -4.08. The lowest BCUT2D eigenvalue weighted by molar-refractivity contribution is -0.385. The third-order valence-corrected chi connectivity index (χ3v) is 8.40. The van der Waals surface area contributed by atoms with E-state index in [1.54, 1.807) is 31.2 Å². The second-order valence-electron chi connectivity index (χ2n) is 10.4. The Bertz CT molecular complexity index is 1330. The first-order valence-electron chi connectivity index (χ1n) is 12.5. The lowest BCUT2D eigenvalue weighted by Crippen LogP contribution is -2.32. The maximum Gasteiger partial charge on any atom is 0.316 e. The fourth-order valence-electron chi connectivity index (χ4n) is 6.60. The molecular formula is C27H25N3O7. The first-order chi connectivity index (χ1) is 17.7. The summed E-state index contributed by atoms with van der Waals surface area (Å²) in [5.41, 5.74) is 1.21. The molecule has 37 heavy (non-hydrogen) atoms. The van der Waals surface area contributed by atoms with E-state index in [4.69, 9.17) is 4.74 Å². The Balaban J connectivity index is 1.12. The molecule has 0 unspecified atom stereocenters. The molecule has 6 rings (SSSR count). The number of nitro benzene ring substituents is 1. The van der Waals surface area contributed by atoms with Crippen molar-refractivity contribution < 1.29 is 28.8 Å². The highest BCUT2D eigenvalue weighted by atomic mass is 16.6. The lowest BCUT2D eigenvalue weighted by atomic mass is 9.81. The molecule has 4 aliphatic rings. The number of hydrogen-bond donors (Lipinski definition) is 0. The van der Waals surface area contributed by atoms with Gasteiger partial charge in [-0.3, -0.25) is 34.2 Å². The molecule has 3 amide bonds. The summed E-state index contributed by atoms with van der Waals surface area (Å²) in [6.07, 6.45) is 2.92. The van der Waals surface area contributed by atoms with Crippen molar-refractivity contribution in [3.8, 4) is 5.75 Å². The standard InChI is InChI=1S/C27H25N3O7/c1-14-2-5-19(12-21(14)30(35)36)28-13-17(11-22(28)31)27(34)37-20-8-6-18(7-9-20)29-25(32)23-15-3-4-16(10-15)24(23)26(29)33/h2,5-9,12,15-17,23-24H,3-4,10-11,13H2,1H3/t15-,16-,17+,23-,24+/m0/s1. The predicted molar refractivity (Wildman–Crippen MR) is 131 cm³/mol. The van der Waals surface area contributed by atoms with Crippen LogP contribution >= 0.6 is 0 Å². The summed E-state index contributed by atoms with van der Waals surface area (Å²) in [5.74, 6) is -1.48. The van der Waals surface area contributed by atoms with Crippen molar-refractivity contribution in [2.24, 2.45) is 29.6 Å². The SMILES string of the molecule is Cc1ccc(N2C[C@H](C(=O)Oc3ccc(N4C(=O)[C@@H]5[C@H]6CC[C@@H](C6)[C@@H]5C4=O)cc3)CC2=O)cc1[N+](=O)[O-]. The average molecular weight is 504 g/mol. The molecule has 10 nitrogen and oxygen atoms in total. The van der Waals surface area contributed by atoms with Crippen LogP contribution in [-0.4, -0.2) is 35.2 Å². The number of anilines is 2. The van der Waals surface area contributed by atoms with Gasteiger partial charge in [0.25, 0.3) is 5.69 Å². The van der Waals surface area contributed by atoms with E-state index >= 15 is 0 Å². The van der Waals surface area contributed by atoms with Crippen molar-refractivity contribution >= 4 is 40.8 Å². The van der Waals surface area contributed by atoms with Gasteiger partial charge in [0.2, 0.25) is 17.7 Å². The number of nitro groups is 1. The highest BCUT2D eigenvalue weighted by molar-refractivity contribution is 6.22. The Morgan fingerprint density at radius 2 is 1.59 bits per heavy atom. The molecule has 0 aromatic heterocycles. The Morgan fingerprint density at radius 1 is 0.973 bits per heavy atom. The van der Waals surface area contributed by atoms with Gasteiger partial charge in [0, 0.05) is 24.6 Å². The van der Waals surface area contributed by atoms with Gasteiger partial charge in [-0.2, -0.15) is 0 Å². The number of rotatable bonds is 5. The van der Waals surface area contributed by atoms with Crippen molar-refractivity contribution in [3.63, 3.8) is 0 Å². The maximum absolute atomic E-state index is 13.0. The number of esters is 1. The van der Waals surface area contributed by atoms with Crippen LogP contribution in [0, 0.1) is 46.6 Å². The van der Waals surface area contributed by atoms with E-state index in [1.807, 2.05) is 0 Å². The number of imide groups is 1. The zero-order valence-corrected chi connectivity index (χ0v) is 20.2. The van der Waals surface area contributed by atoms with Crippen LogP contribution in [0.4, 0.5) is 17.1 Å². The van der Waals surface area contributed by atoms with E-state index in [2.05, 4.69) is 0 Å². The summed E-state index contributed by atoms with van der Waals surface area (Å²) in [5, 5.41) is 11.3. The molecule has 0 spiro atoms. The van der Waals surface area contributed by atoms with Crippen LogP contribution < -0.4 is 14.5 Å². The van der Waals surface area contributed by atoms with Crippen LogP contribution in [0.5, 0.6) is 5.75 Å². The summed E-state index contributed by atoms with van der Waals surface area (Å²) < 4.78 is 5.49. The number of amides is 3. The Morgan fingerprint density at radius 3 is 2.22 bits per heavy atom. The number of hydrogen-bond acceptors (Lipinski definition) is 7. The van der Waals surface area contributed by atoms with E-state index in [9.17, 15) is 29.3 Å². The number of fused-ring (bicyclic) bond motifs is 5. The molecule has 2 aromatic carbocycles. The molecule has 0 N–H and O–H groups in total. The molecule has 4 fully saturated rings. The number of carbonyl (C=O) groups excluding carboxylic acids is 4. The molecule has 2 saturated heterocycles. The number of carbonyl (C=O) groups is 4. The Kier molecular flexibility index (Phi) is 5.36. The smallest absolute Gasteiger partial charge is 0.316 e. The predicted octanol–water partition coefficient (Wildman–Crippen LogP) is 3.40. The molecule has 2 bridgehead atoms. The highest BCUT2D eigenvalue weighted by Gasteiger charge is 2.61. The minimum Gasteiger partial charge on any atom is -0.426 e. The van der Waals surface area contributed by atoms with Crippen LogP contribution in [0.25, 0.3) is 0 Å². The minimum atomic E-state index is -0.732. The van der Waals surface area contributed by atoms with Gasteiger partial charge in [0.15, 0.2) is 0 Å². The molecular weight excluding hydrogens is 478 g/mol. The van der Waals surface area contributed by atoms with Gasteiger partial charge >= 0.3 is 5.97 Å². The first-order valence-corrected chi connectivity index (χ1v) is 12.5.